The van der Waals surface area contributed by atoms with Crippen LogP contribution in [0.2, 0.25) is 6.55 Å². The Kier molecular flexibility index (Phi) is 12.0. The fourth-order valence-corrected chi connectivity index (χ4v) is 7.46. The molecule has 6 aromatic carbocycles. The number of aryl methyl sites for hydroxylation is 1. The SMILES string of the molecule is C[Si](=[Zr+2])c1ccccc1.Cc1cc2c(-c3cnc4ccccc4c3)cccc2[cH-]1.[Cl-].[Cl-].[c-]1cccc2c1Cc1ccccc1-2. The van der Waals surface area contributed by atoms with Crippen LogP contribution in [0.1, 0.15) is 16.7 Å². The maximum absolute atomic E-state index is 4.57. The van der Waals surface area contributed by atoms with Crippen molar-refractivity contribution in [1.82, 2.24) is 4.98 Å². The predicted octanol–water partition coefficient (Wildman–Crippen LogP) is 3.21. The number of rotatable bonds is 2. The molecule has 0 atom stereocenters. The summed E-state index contributed by atoms with van der Waals surface area (Å²) in [6.45, 7) is 4.49. The van der Waals surface area contributed by atoms with Gasteiger partial charge in [-0.2, -0.15) is 35.9 Å². The average molecular weight is 704 g/mol. The van der Waals surface area contributed by atoms with Crippen LogP contribution in [0.5, 0.6) is 0 Å². The van der Waals surface area contributed by atoms with Crippen molar-refractivity contribution in [3.8, 4) is 22.3 Å². The number of hydrogen-bond donors (Lipinski definition) is 0. The summed E-state index contributed by atoms with van der Waals surface area (Å²) in [5.74, 6) is 0. The van der Waals surface area contributed by atoms with Gasteiger partial charge in [-0.25, -0.2) is 0 Å². The van der Waals surface area contributed by atoms with Gasteiger partial charge >= 0.3 is 70.8 Å². The Bertz CT molecular complexity index is 1970. The molecule has 0 N–H and O–H groups in total. The van der Waals surface area contributed by atoms with E-state index in [1.165, 1.54) is 55.1 Å². The molecule has 1 heterocycles. The van der Waals surface area contributed by atoms with E-state index in [-0.39, 0.29) is 30.2 Å². The largest absolute Gasteiger partial charge is 1.00 e. The van der Waals surface area contributed by atoms with Gasteiger partial charge < -0.3 is 24.8 Å². The van der Waals surface area contributed by atoms with E-state index in [9.17, 15) is 0 Å². The van der Waals surface area contributed by atoms with E-state index >= 15 is 0 Å². The second-order valence-electron chi connectivity index (χ2n) is 10.6. The second kappa shape index (κ2) is 15.7. The van der Waals surface area contributed by atoms with E-state index in [1.54, 1.807) is 28.5 Å². The average Bonchev–Trinajstić information content (AvgIpc) is 3.61. The molecule has 0 radical (unpaired) electrons. The van der Waals surface area contributed by atoms with Crippen LogP contribution in [-0.4, -0.2) is 10.4 Å². The van der Waals surface area contributed by atoms with Crippen molar-refractivity contribution in [1.29, 1.82) is 0 Å². The van der Waals surface area contributed by atoms with Crippen LogP contribution in [0.15, 0.2) is 140 Å². The molecule has 0 saturated heterocycles. The molecule has 0 unspecified atom stereocenters. The number of nitrogens with zero attached hydrogens (tertiary/aromatic N) is 1. The summed E-state index contributed by atoms with van der Waals surface area (Å²) in [4.78, 5) is 4.57. The van der Waals surface area contributed by atoms with E-state index in [1.807, 2.05) is 24.4 Å². The van der Waals surface area contributed by atoms with Crippen molar-refractivity contribution in [2.45, 2.75) is 19.9 Å². The molecule has 1 aliphatic rings. The van der Waals surface area contributed by atoms with Crippen LogP contribution in [0.4, 0.5) is 0 Å². The van der Waals surface area contributed by atoms with E-state index in [4.69, 9.17) is 0 Å². The summed E-state index contributed by atoms with van der Waals surface area (Å²) in [5.41, 5.74) is 10.2. The van der Waals surface area contributed by atoms with Crippen molar-refractivity contribution in [2.75, 3.05) is 0 Å². The molecule has 44 heavy (non-hydrogen) atoms. The minimum absolute atomic E-state index is 0. The molecule has 216 valence electrons. The third-order valence-electron chi connectivity index (χ3n) is 7.62. The summed E-state index contributed by atoms with van der Waals surface area (Å²) in [5, 5.41) is 5.35. The molecule has 1 aromatic heterocycles. The van der Waals surface area contributed by atoms with Gasteiger partial charge in [0.15, 0.2) is 0 Å². The van der Waals surface area contributed by atoms with Gasteiger partial charge in [0.25, 0.3) is 0 Å². The Balaban J connectivity index is 0.000000160. The number of halogens is 2. The number of fused-ring (bicyclic) bond motifs is 5. The van der Waals surface area contributed by atoms with Crippen LogP contribution in [0.3, 0.4) is 0 Å². The van der Waals surface area contributed by atoms with E-state index in [0.717, 1.165) is 11.9 Å². The maximum Gasteiger partial charge on any atom is 0.0702 e. The van der Waals surface area contributed by atoms with Crippen LogP contribution in [-0.2, 0) is 29.8 Å². The molecule has 0 fully saturated rings. The molecule has 1 aliphatic carbocycles. The maximum atomic E-state index is 4.57. The summed E-state index contributed by atoms with van der Waals surface area (Å²) >= 11 is 1.69. The smallest absolute Gasteiger partial charge is 0.0702 e. The van der Waals surface area contributed by atoms with E-state index in [0.29, 0.717) is 0 Å². The summed E-state index contributed by atoms with van der Waals surface area (Å²) in [6.07, 6.45) is 3.02. The molecule has 1 nitrogen and oxygen atoms in total. The van der Waals surface area contributed by atoms with Gasteiger partial charge in [-0.1, -0.05) is 72.1 Å². The Morgan fingerprint density at radius 1 is 0.750 bits per heavy atom. The fourth-order valence-electron chi connectivity index (χ4n) is 5.54. The summed E-state index contributed by atoms with van der Waals surface area (Å²) in [7, 11) is 0. The fraction of sp³-hybridized carbons (Fsp3) is 0.0769. The van der Waals surface area contributed by atoms with Crippen LogP contribution < -0.4 is 30.0 Å². The number of pyridine rings is 1. The zero-order chi connectivity index (χ0) is 28.9. The zero-order valence-electron chi connectivity index (χ0n) is 24.7. The van der Waals surface area contributed by atoms with Crippen molar-refractivity contribution >= 4 is 32.3 Å². The molecular weight excluding hydrogens is 673 g/mol. The van der Waals surface area contributed by atoms with E-state index < -0.39 is 0 Å². The van der Waals surface area contributed by atoms with Crippen molar-refractivity contribution < 1.29 is 48.1 Å². The number of hydrogen-bond acceptors (Lipinski definition) is 1. The molecule has 0 aliphatic heterocycles. The van der Waals surface area contributed by atoms with Gasteiger partial charge in [0.1, 0.15) is 0 Å². The molecule has 0 bridgehead atoms. The Morgan fingerprint density at radius 3 is 2.25 bits per heavy atom. The standard InChI is InChI=1S/C19H14N.C13H9.C7H8Si.2ClH.Zr/c1-13-9-14-6-4-7-17(18(14)10-13)16-11-15-5-2-3-8-19(15)20-12-16;1-3-7-12-10(5-1)9-11-6-2-4-8-13(11)12;1-8-7-5-3-2-4-6-7;;;/h2-12H,1H3;1-5,7-8H,9H2;2-6H,1H3;2*1H;/q2*-1;;;;+2/p-2. The van der Waals surface area contributed by atoms with Crippen molar-refractivity contribution in [3.05, 3.63) is 162 Å². The number of benzene rings is 5. The first kappa shape index (κ1) is 33.7. The summed E-state index contributed by atoms with van der Waals surface area (Å²) < 4.78 is 0. The number of aromatic nitrogens is 1. The Hall–Kier alpha value is -3.20. The Labute approximate surface area is 288 Å². The monoisotopic (exact) mass is 701 g/mol. The molecule has 7 aromatic rings. The van der Waals surface area contributed by atoms with Crippen molar-refractivity contribution in [3.63, 3.8) is 0 Å². The molecule has 8 rings (SSSR count). The molecule has 0 spiro atoms. The predicted molar refractivity (Wildman–Crippen MR) is 176 cm³/mol. The first-order valence-corrected chi connectivity index (χ1v) is 20.0. The first-order valence-electron chi connectivity index (χ1n) is 14.3. The van der Waals surface area contributed by atoms with Gasteiger partial charge in [0.05, 0.1) is 5.52 Å². The minimum Gasteiger partial charge on any atom is -1.00 e. The normalized spacial score (nSPS) is 10.6. The third-order valence-corrected chi connectivity index (χ3v) is 10.9. The van der Waals surface area contributed by atoms with Gasteiger partial charge in [-0.05, 0) is 24.1 Å². The van der Waals surface area contributed by atoms with Crippen molar-refractivity contribution in [2.24, 2.45) is 0 Å². The van der Waals surface area contributed by atoms with Gasteiger partial charge in [-0.3, -0.25) is 4.98 Å². The molecule has 0 amide bonds. The molecule has 5 heteroatoms. The van der Waals surface area contributed by atoms with Gasteiger partial charge in [0, 0.05) is 11.6 Å². The minimum atomic E-state index is -0.122. The summed E-state index contributed by atoms with van der Waals surface area (Å²) in [6, 6.07) is 50.3. The van der Waals surface area contributed by atoms with Crippen LogP contribution >= 0.6 is 0 Å². The van der Waals surface area contributed by atoms with Crippen LogP contribution in [0, 0.1) is 13.0 Å². The Morgan fingerprint density at radius 2 is 1.45 bits per heavy atom. The molecule has 0 saturated carbocycles. The van der Waals surface area contributed by atoms with Gasteiger partial charge in [0.2, 0.25) is 0 Å². The third kappa shape index (κ3) is 7.71. The topological polar surface area (TPSA) is 12.9 Å². The number of para-hydroxylation sites is 1. The quantitative estimate of drug-likeness (QED) is 0.199. The van der Waals surface area contributed by atoms with Crippen LogP contribution in [0.25, 0.3) is 43.9 Å². The van der Waals surface area contributed by atoms with Gasteiger partial charge in [-0.15, -0.1) is 40.1 Å². The molecular formula is C39H31Cl2NSiZr-2. The second-order valence-corrected chi connectivity index (χ2v) is 18.0. The first-order chi connectivity index (χ1) is 20.6. The zero-order valence-corrected chi connectivity index (χ0v) is 29.7. The van der Waals surface area contributed by atoms with E-state index in [2.05, 4.69) is 140 Å².